The second-order valence-corrected chi connectivity index (χ2v) is 6.11. The number of aromatic nitrogens is 1. The molecule has 3 rings (SSSR count). The van der Waals surface area contributed by atoms with E-state index in [1.165, 1.54) is 0 Å². The average molecular weight is 357 g/mol. The number of pyridine rings is 1. The largest absolute Gasteiger partial charge is 0.497 e. The number of hydrogen-bond donors (Lipinski definition) is 1. The van der Waals surface area contributed by atoms with Crippen molar-refractivity contribution in [2.45, 2.75) is 6.54 Å². The molecule has 0 aliphatic rings. The van der Waals surface area contributed by atoms with Gasteiger partial charge >= 0.3 is 0 Å². The van der Waals surface area contributed by atoms with Gasteiger partial charge in [0.2, 0.25) is 5.43 Å². The molecule has 1 amide bonds. The molecular formula is C19H17ClN2O3. The molecule has 0 aliphatic heterocycles. The van der Waals surface area contributed by atoms with Gasteiger partial charge in [0.25, 0.3) is 5.91 Å². The molecule has 0 bridgehead atoms. The molecule has 1 heterocycles. The highest BCUT2D eigenvalue weighted by atomic mass is 35.5. The monoisotopic (exact) mass is 356 g/mol. The molecule has 1 N–H and O–H groups in total. The Hall–Kier alpha value is -2.79. The van der Waals surface area contributed by atoms with E-state index in [2.05, 4.69) is 5.32 Å². The maximum absolute atomic E-state index is 12.6. The van der Waals surface area contributed by atoms with Crippen LogP contribution in [0.15, 0.2) is 53.5 Å². The van der Waals surface area contributed by atoms with Crippen LogP contribution >= 0.6 is 11.6 Å². The van der Waals surface area contributed by atoms with Crippen molar-refractivity contribution in [3.05, 3.63) is 75.0 Å². The van der Waals surface area contributed by atoms with Gasteiger partial charge in [0.05, 0.1) is 12.6 Å². The van der Waals surface area contributed by atoms with E-state index < -0.39 is 5.91 Å². The number of carbonyl (C=O) groups excluding carboxylic acids is 1. The molecule has 5 nitrogen and oxygen atoms in total. The lowest BCUT2D eigenvalue weighted by Gasteiger charge is -2.10. The lowest BCUT2D eigenvalue weighted by atomic mass is 10.1. The molecule has 0 atom stereocenters. The second kappa shape index (κ2) is 6.99. The standard InChI is InChI=1S/C19H17ClN2O3/c1-22-11-16(18(23)15-9-13(20)5-8-17(15)22)19(24)21-10-12-3-6-14(25-2)7-4-12/h3-9,11H,10H2,1-2H3,(H,21,24). The third-order valence-corrected chi connectivity index (χ3v) is 4.24. The van der Waals surface area contributed by atoms with E-state index >= 15 is 0 Å². The highest BCUT2D eigenvalue weighted by Crippen LogP contribution is 2.17. The molecule has 0 aliphatic carbocycles. The number of nitrogens with zero attached hydrogens (tertiary/aromatic N) is 1. The zero-order chi connectivity index (χ0) is 18.0. The van der Waals surface area contributed by atoms with Crippen molar-refractivity contribution in [1.29, 1.82) is 0 Å². The van der Waals surface area contributed by atoms with Crippen LogP contribution in [0.5, 0.6) is 5.75 Å². The van der Waals surface area contributed by atoms with E-state index in [4.69, 9.17) is 16.3 Å². The Bertz CT molecular complexity index is 994. The number of amides is 1. The summed E-state index contributed by atoms with van der Waals surface area (Å²) in [7, 11) is 3.38. The van der Waals surface area contributed by atoms with Crippen molar-refractivity contribution in [1.82, 2.24) is 9.88 Å². The summed E-state index contributed by atoms with van der Waals surface area (Å²) in [6, 6.07) is 12.4. The average Bonchev–Trinajstić information content (AvgIpc) is 2.63. The number of rotatable bonds is 4. The fourth-order valence-electron chi connectivity index (χ4n) is 2.65. The number of aryl methyl sites for hydroxylation is 1. The molecule has 25 heavy (non-hydrogen) atoms. The van der Waals surface area contributed by atoms with Gasteiger partial charge in [-0.05, 0) is 35.9 Å². The molecule has 0 radical (unpaired) electrons. The maximum atomic E-state index is 12.6. The fourth-order valence-corrected chi connectivity index (χ4v) is 2.82. The summed E-state index contributed by atoms with van der Waals surface area (Å²) >= 11 is 5.98. The molecule has 0 spiro atoms. The summed E-state index contributed by atoms with van der Waals surface area (Å²) in [6.07, 6.45) is 1.54. The van der Waals surface area contributed by atoms with Crippen LogP contribution in [-0.2, 0) is 13.6 Å². The van der Waals surface area contributed by atoms with E-state index in [0.29, 0.717) is 17.0 Å². The summed E-state index contributed by atoms with van der Waals surface area (Å²) < 4.78 is 6.85. The van der Waals surface area contributed by atoms with Crippen LogP contribution in [-0.4, -0.2) is 17.6 Å². The van der Waals surface area contributed by atoms with Crippen molar-refractivity contribution >= 4 is 28.4 Å². The first kappa shape index (κ1) is 17.0. The number of carbonyl (C=O) groups is 1. The minimum Gasteiger partial charge on any atom is -0.497 e. The van der Waals surface area contributed by atoms with E-state index in [1.807, 2.05) is 24.3 Å². The normalized spacial score (nSPS) is 10.7. The van der Waals surface area contributed by atoms with Gasteiger partial charge < -0.3 is 14.6 Å². The summed E-state index contributed by atoms with van der Waals surface area (Å²) in [4.78, 5) is 25.1. The summed E-state index contributed by atoms with van der Waals surface area (Å²) in [5, 5.41) is 3.66. The van der Waals surface area contributed by atoms with Gasteiger partial charge in [-0.1, -0.05) is 23.7 Å². The molecule has 0 saturated carbocycles. The van der Waals surface area contributed by atoms with Gasteiger partial charge in [-0.15, -0.1) is 0 Å². The highest BCUT2D eigenvalue weighted by Gasteiger charge is 2.14. The van der Waals surface area contributed by atoms with Crippen molar-refractivity contribution in [3.8, 4) is 5.75 Å². The van der Waals surface area contributed by atoms with Crippen LogP contribution in [0, 0.1) is 0 Å². The number of nitrogens with one attached hydrogen (secondary N) is 1. The Morgan fingerprint density at radius 1 is 1.20 bits per heavy atom. The van der Waals surface area contributed by atoms with Crippen molar-refractivity contribution < 1.29 is 9.53 Å². The van der Waals surface area contributed by atoms with Crippen LogP contribution in [0.3, 0.4) is 0 Å². The molecule has 0 unspecified atom stereocenters. The number of hydrogen-bond acceptors (Lipinski definition) is 3. The van der Waals surface area contributed by atoms with Gasteiger partial charge in [-0.3, -0.25) is 9.59 Å². The molecule has 128 valence electrons. The SMILES string of the molecule is COc1ccc(CNC(=O)c2cn(C)c3ccc(Cl)cc3c2=O)cc1. The fraction of sp³-hybridized carbons (Fsp3) is 0.158. The molecule has 3 aromatic rings. The summed E-state index contributed by atoms with van der Waals surface area (Å²) in [5.74, 6) is 0.327. The van der Waals surface area contributed by atoms with E-state index in [1.54, 1.807) is 43.1 Å². The number of benzene rings is 2. The Morgan fingerprint density at radius 2 is 1.92 bits per heavy atom. The molecule has 0 saturated heterocycles. The van der Waals surface area contributed by atoms with Crippen LogP contribution in [0.25, 0.3) is 10.9 Å². The van der Waals surface area contributed by atoms with Crippen molar-refractivity contribution in [3.63, 3.8) is 0 Å². The minimum atomic E-state index is -0.418. The predicted octanol–water partition coefficient (Wildman–Crippen LogP) is 3.13. The lowest BCUT2D eigenvalue weighted by molar-refractivity contribution is 0.0949. The quantitative estimate of drug-likeness (QED) is 0.781. The minimum absolute atomic E-state index is 0.0887. The second-order valence-electron chi connectivity index (χ2n) is 5.68. The van der Waals surface area contributed by atoms with Gasteiger partial charge in [-0.2, -0.15) is 0 Å². The van der Waals surface area contributed by atoms with E-state index in [0.717, 1.165) is 16.8 Å². The first-order valence-electron chi connectivity index (χ1n) is 7.69. The topological polar surface area (TPSA) is 60.3 Å². The van der Waals surface area contributed by atoms with Gasteiger partial charge in [0.15, 0.2) is 0 Å². The first-order chi connectivity index (χ1) is 12.0. The number of ether oxygens (including phenoxy) is 1. The number of halogens is 1. The maximum Gasteiger partial charge on any atom is 0.257 e. The zero-order valence-electron chi connectivity index (χ0n) is 13.9. The van der Waals surface area contributed by atoms with Crippen LogP contribution in [0.4, 0.5) is 0 Å². The Balaban J connectivity index is 1.86. The Morgan fingerprint density at radius 3 is 2.60 bits per heavy atom. The van der Waals surface area contributed by atoms with Crippen molar-refractivity contribution in [2.75, 3.05) is 7.11 Å². The first-order valence-corrected chi connectivity index (χ1v) is 8.07. The molecular weight excluding hydrogens is 340 g/mol. The third kappa shape index (κ3) is 3.51. The Labute approximate surface area is 149 Å². The van der Waals surface area contributed by atoms with Gasteiger partial charge in [0.1, 0.15) is 11.3 Å². The summed E-state index contributed by atoms with van der Waals surface area (Å²) in [6.45, 7) is 0.319. The third-order valence-electron chi connectivity index (χ3n) is 4.01. The number of methoxy groups -OCH3 is 1. The smallest absolute Gasteiger partial charge is 0.257 e. The van der Waals surface area contributed by atoms with E-state index in [9.17, 15) is 9.59 Å². The number of fused-ring (bicyclic) bond motifs is 1. The molecule has 2 aromatic carbocycles. The van der Waals surface area contributed by atoms with Crippen LogP contribution in [0.1, 0.15) is 15.9 Å². The van der Waals surface area contributed by atoms with Gasteiger partial charge in [-0.25, -0.2) is 0 Å². The molecule has 0 fully saturated rings. The van der Waals surface area contributed by atoms with Crippen LogP contribution < -0.4 is 15.5 Å². The molecule has 6 heteroatoms. The lowest BCUT2D eigenvalue weighted by Crippen LogP contribution is -2.29. The summed E-state index contributed by atoms with van der Waals surface area (Å²) in [5.41, 5.74) is 1.39. The van der Waals surface area contributed by atoms with E-state index in [-0.39, 0.29) is 11.0 Å². The van der Waals surface area contributed by atoms with Gasteiger partial charge in [0, 0.05) is 30.2 Å². The predicted molar refractivity (Wildman–Crippen MR) is 98.4 cm³/mol. The Kier molecular flexibility index (Phi) is 4.76. The van der Waals surface area contributed by atoms with Crippen molar-refractivity contribution in [2.24, 2.45) is 7.05 Å². The molecule has 1 aromatic heterocycles. The van der Waals surface area contributed by atoms with Crippen LogP contribution in [0.2, 0.25) is 5.02 Å². The zero-order valence-corrected chi connectivity index (χ0v) is 14.6. The highest BCUT2D eigenvalue weighted by molar-refractivity contribution is 6.31.